The Balaban J connectivity index is 1.49. The fourth-order valence-electron chi connectivity index (χ4n) is 3.37. The Hall–Kier alpha value is -2.69. The first-order valence-electron chi connectivity index (χ1n) is 8.34. The maximum Gasteiger partial charge on any atom is 0.223 e. The van der Waals surface area contributed by atoms with E-state index in [0.29, 0.717) is 6.54 Å². The van der Waals surface area contributed by atoms with Gasteiger partial charge in [0.2, 0.25) is 5.91 Å². The Bertz CT molecular complexity index is 885. The van der Waals surface area contributed by atoms with Gasteiger partial charge in [-0.25, -0.2) is 4.98 Å². The standard InChI is InChI=1S/C19H20N4O/c1-13-6-8-23-17-10-15(4-5-16(17)22-18(23)9-13)19(24)21-12-14-3-2-7-20-11-14/h2-3,6-9,11,15H,4-5,10,12H2,1H3,(H,21,24). The van der Waals surface area contributed by atoms with Crippen LogP contribution < -0.4 is 5.32 Å². The van der Waals surface area contributed by atoms with E-state index in [1.165, 1.54) is 11.3 Å². The van der Waals surface area contributed by atoms with Gasteiger partial charge in [-0.2, -0.15) is 0 Å². The summed E-state index contributed by atoms with van der Waals surface area (Å²) in [5.74, 6) is 0.127. The monoisotopic (exact) mass is 320 g/mol. The van der Waals surface area contributed by atoms with Crippen molar-refractivity contribution in [3.63, 3.8) is 0 Å². The summed E-state index contributed by atoms with van der Waals surface area (Å²) in [5, 5.41) is 3.04. The molecule has 1 unspecified atom stereocenters. The van der Waals surface area contributed by atoms with Crippen LogP contribution in [0.5, 0.6) is 0 Å². The van der Waals surface area contributed by atoms with Gasteiger partial charge in [0, 0.05) is 43.2 Å². The number of aromatic nitrogens is 3. The third kappa shape index (κ3) is 2.77. The van der Waals surface area contributed by atoms with Crippen molar-refractivity contribution < 1.29 is 4.79 Å². The van der Waals surface area contributed by atoms with Crippen LogP contribution in [0.1, 0.15) is 28.9 Å². The molecule has 3 aromatic rings. The second-order valence-corrected chi connectivity index (χ2v) is 6.46. The number of aryl methyl sites for hydroxylation is 2. The first kappa shape index (κ1) is 14.9. The molecule has 24 heavy (non-hydrogen) atoms. The minimum absolute atomic E-state index is 0.00961. The summed E-state index contributed by atoms with van der Waals surface area (Å²) in [6.45, 7) is 2.60. The number of nitrogens with one attached hydrogen (secondary N) is 1. The highest BCUT2D eigenvalue weighted by atomic mass is 16.1. The Labute approximate surface area is 140 Å². The van der Waals surface area contributed by atoms with Gasteiger partial charge in [0.05, 0.1) is 5.69 Å². The molecule has 0 saturated heterocycles. The van der Waals surface area contributed by atoms with Gasteiger partial charge in [-0.1, -0.05) is 6.07 Å². The number of imidazole rings is 1. The lowest BCUT2D eigenvalue weighted by atomic mass is 9.89. The number of hydrogen-bond donors (Lipinski definition) is 1. The largest absolute Gasteiger partial charge is 0.352 e. The van der Waals surface area contributed by atoms with E-state index in [0.717, 1.165) is 36.2 Å². The Morgan fingerprint density at radius 1 is 1.42 bits per heavy atom. The fourth-order valence-corrected chi connectivity index (χ4v) is 3.37. The molecule has 122 valence electrons. The molecule has 0 bridgehead atoms. The van der Waals surface area contributed by atoms with Crippen molar-refractivity contribution in [3.8, 4) is 0 Å². The van der Waals surface area contributed by atoms with Crippen LogP contribution in [-0.4, -0.2) is 20.3 Å². The van der Waals surface area contributed by atoms with Crippen molar-refractivity contribution >= 4 is 11.6 Å². The van der Waals surface area contributed by atoms with Gasteiger partial charge < -0.3 is 9.72 Å². The quantitative estimate of drug-likeness (QED) is 0.806. The number of hydrogen-bond acceptors (Lipinski definition) is 3. The summed E-state index contributed by atoms with van der Waals surface area (Å²) in [6, 6.07) is 8.03. The molecule has 0 spiro atoms. The summed E-state index contributed by atoms with van der Waals surface area (Å²) in [6.07, 6.45) is 8.05. The van der Waals surface area contributed by atoms with E-state index in [2.05, 4.69) is 40.0 Å². The van der Waals surface area contributed by atoms with E-state index >= 15 is 0 Å². The van der Waals surface area contributed by atoms with Gasteiger partial charge >= 0.3 is 0 Å². The molecule has 3 heterocycles. The molecular weight excluding hydrogens is 300 g/mol. The number of nitrogens with zero attached hydrogens (tertiary/aromatic N) is 3. The van der Waals surface area contributed by atoms with Gasteiger partial charge in [-0.3, -0.25) is 9.78 Å². The molecule has 5 nitrogen and oxygen atoms in total. The average Bonchev–Trinajstić information content (AvgIpc) is 2.97. The summed E-state index contributed by atoms with van der Waals surface area (Å²) in [7, 11) is 0. The van der Waals surface area contributed by atoms with Gasteiger partial charge in [0.1, 0.15) is 5.65 Å². The molecular formula is C19H20N4O. The van der Waals surface area contributed by atoms with Crippen LogP contribution >= 0.6 is 0 Å². The van der Waals surface area contributed by atoms with Gasteiger partial charge in [0.25, 0.3) is 0 Å². The molecule has 1 aliphatic carbocycles. The molecule has 0 aliphatic heterocycles. The zero-order valence-electron chi connectivity index (χ0n) is 13.7. The predicted molar refractivity (Wildman–Crippen MR) is 91.5 cm³/mol. The number of rotatable bonds is 3. The number of amides is 1. The van der Waals surface area contributed by atoms with Crippen molar-refractivity contribution in [1.82, 2.24) is 19.7 Å². The molecule has 0 fully saturated rings. The first-order chi connectivity index (χ1) is 11.7. The van der Waals surface area contributed by atoms with E-state index in [9.17, 15) is 4.79 Å². The molecule has 5 heteroatoms. The third-order valence-electron chi connectivity index (χ3n) is 4.69. The zero-order valence-corrected chi connectivity index (χ0v) is 13.7. The normalized spacial score (nSPS) is 16.8. The SMILES string of the molecule is Cc1ccn2c3c(nc2c1)CCC(C(=O)NCc1cccnc1)C3. The molecule has 3 aromatic heterocycles. The van der Waals surface area contributed by atoms with E-state index < -0.39 is 0 Å². The second-order valence-electron chi connectivity index (χ2n) is 6.46. The number of carbonyl (C=O) groups is 1. The Kier molecular flexibility index (Phi) is 3.76. The van der Waals surface area contributed by atoms with Crippen LogP contribution in [0, 0.1) is 12.8 Å². The summed E-state index contributed by atoms with van der Waals surface area (Å²) in [5.41, 5.74) is 5.52. The van der Waals surface area contributed by atoms with E-state index in [4.69, 9.17) is 4.98 Å². The summed E-state index contributed by atoms with van der Waals surface area (Å²) in [4.78, 5) is 21.3. The first-order valence-corrected chi connectivity index (χ1v) is 8.34. The second kappa shape index (κ2) is 6.07. The van der Waals surface area contributed by atoms with Gasteiger partial charge in [-0.05, 0) is 49.1 Å². The lowest BCUT2D eigenvalue weighted by molar-refractivity contribution is -0.125. The van der Waals surface area contributed by atoms with Crippen molar-refractivity contribution in [1.29, 1.82) is 0 Å². The third-order valence-corrected chi connectivity index (χ3v) is 4.69. The molecule has 1 amide bonds. The summed E-state index contributed by atoms with van der Waals surface area (Å²) < 4.78 is 2.13. The van der Waals surface area contributed by atoms with Crippen LogP contribution in [0.4, 0.5) is 0 Å². The zero-order chi connectivity index (χ0) is 16.5. The lowest BCUT2D eigenvalue weighted by Crippen LogP contribution is -2.34. The van der Waals surface area contributed by atoms with Crippen molar-refractivity contribution in [3.05, 3.63) is 65.4 Å². The van der Waals surface area contributed by atoms with E-state index in [1.807, 2.05) is 12.1 Å². The van der Waals surface area contributed by atoms with Crippen LogP contribution in [0.3, 0.4) is 0 Å². The minimum atomic E-state index is 0.00961. The van der Waals surface area contributed by atoms with Gasteiger partial charge in [0.15, 0.2) is 0 Å². The highest BCUT2D eigenvalue weighted by molar-refractivity contribution is 5.79. The molecule has 0 saturated carbocycles. The van der Waals surface area contributed by atoms with Crippen LogP contribution in [0.2, 0.25) is 0 Å². The number of fused-ring (bicyclic) bond motifs is 3. The van der Waals surface area contributed by atoms with Crippen LogP contribution in [0.25, 0.3) is 5.65 Å². The smallest absolute Gasteiger partial charge is 0.223 e. The maximum atomic E-state index is 12.5. The molecule has 0 aromatic carbocycles. The highest BCUT2D eigenvalue weighted by Gasteiger charge is 2.27. The van der Waals surface area contributed by atoms with Crippen LogP contribution in [-0.2, 0) is 24.2 Å². The summed E-state index contributed by atoms with van der Waals surface area (Å²) >= 11 is 0. The Morgan fingerprint density at radius 3 is 3.17 bits per heavy atom. The maximum absolute atomic E-state index is 12.5. The average molecular weight is 320 g/mol. The van der Waals surface area contributed by atoms with E-state index in [1.54, 1.807) is 12.4 Å². The molecule has 0 radical (unpaired) electrons. The molecule has 1 N–H and O–H groups in total. The lowest BCUT2D eigenvalue weighted by Gasteiger charge is -2.21. The molecule has 1 aliphatic rings. The van der Waals surface area contributed by atoms with Crippen molar-refractivity contribution in [2.45, 2.75) is 32.7 Å². The van der Waals surface area contributed by atoms with Crippen molar-refractivity contribution in [2.75, 3.05) is 0 Å². The Morgan fingerprint density at radius 2 is 2.33 bits per heavy atom. The van der Waals surface area contributed by atoms with Crippen molar-refractivity contribution in [2.24, 2.45) is 5.92 Å². The topological polar surface area (TPSA) is 59.3 Å². The van der Waals surface area contributed by atoms with Gasteiger partial charge in [-0.15, -0.1) is 0 Å². The van der Waals surface area contributed by atoms with E-state index in [-0.39, 0.29) is 11.8 Å². The highest BCUT2D eigenvalue weighted by Crippen LogP contribution is 2.27. The predicted octanol–water partition coefficient (Wildman–Crippen LogP) is 2.46. The fraction of sp³-hybridized carbons (Fsp3) is 0.316. The minimum Gasteiger partial charge on any atom is -0.352 e. The number of carbonyl (C=O) groups excluding carboxylic acids is 1. The molecule has 4 rings (SSSR count). The molecule has 1 atom stereocenters. The van der Waals surface area contributed by atoms with Crippen LogP contribution in [0.15, 0.2) is 42.9 Å². The number of pyridine rings is 2.